The highest BCUT2D eigenvalue weighted by atomic mass is 35.5. The van der Waals surface area contributed by atoms with Crippen molar-refractivity contribution in [2.45, 2.75) is 13.3 Å². The Balaban J connectivity index is 0.00000200. The number of nitrogens with two attached hydrogens (primary N) is 1. The zero-order chi connectivity index (χ0) is 25.1. The van der Waals surface area contributed by atoms with Crippen LogP contribution in [0.5, 0.6) is 0 Å². The van der Waals surface area contributed by atoms with Crippen molar-refractivity contribution in [3.8, 4) is 0 Å². The number of piperazine rings is 1. The molecule has 1 saturated heterocycles. The Labute approximate surface area is 235 Å². The number of hydrogen-bond acceptors (Lipinski definition) is 4. The number of nitrogens with zero attached hydrogens (tertiary/aromatic N) is 4. The van der Waals surface area contributed by atoms with Gasteiger partial charge in [0.05, 0.1) is 16.9 Å². The fourth-order valence-electron chi connectivity index (χ4n) is 4.89. The van der Waals surface area contributed by atoms with E-state index < -0.39 is 11.8 Å². The minimum absolute atomic E-state index is 0. The number of benzene rings is 3. The number of anilines is 3. The van der Waals surface area contributed by atoms with Crippen molar-refractivity contribution >= 4 is 58.8 Å². The molecule has 2 amide bonds. The molecule has 200 valence electrons. The van der Waals surface area contributed by atoms with Crippen LogP contribution in [0.25, 0.3) is 10.9 Å². The molecule has 0 atom stereocenters. The van der Waals surface area contributed by atoms with E-state index in [2.05, 4.69) is 51.2 Å². The van der Waals surface area contributed by atoms with Crippen LogP contribution < -0.4 is 15.5 Å². The van der Waals surface area contributed by atoms with E-state index in [4.69, 9.17) is 5.73 Å². The summed E-state index contributed by atoms with van der Waals surface area (Å²) in [6.07, 6.45) is 0.848. The number of aromatic nitrogens is 1. The maximum absolute atomic E-state index is 13.8. The molecule has 1 fully saturated rings. The Hall–Kier alpha value is -3.39. The van der Waals surface area contributed by atoms with E-state index in [1.165, 1.54) is 28.1 Å². The summed E-state index contributed by atoms with van der Waals surface area (Å²) in [6, 6.07) is 23.6. The second-order valence-electron chi connectivity index (χ2n) is 9.20. The van der Waals surface area contributed by atoms with Crippen LogP contribution in [0.2, 0.25) is 0 Å². The van der Waals surface area contributed by atoms with Crippen LogP contribution >= 0.6 is 24.8 Å². The van der Waals surface area contributed by atoms with Crippen molar-refractivity contribution in [2.75, 3.05) is 42.5 Å². The standard InChI is InChI=1S/C29H30FN5O.2ClH/c1-21-11-12-26-27(32-21)9-4-10-28(26)34-17-15-33(16-18-34)14-13-22-5-2-7-24(19-22)35(29(31)36)25-8-3-6-23(30)20-25;;/h2-12,19-20H,13-18H2,1H3,(H2,31,36);2*1H. The molecule has 0 spiro atoms. The topological polar surface area (TPSA) is 65.7 Å². The van der Waals surface area contributed by atoms with Crippen molar-refractivity contribution < 1.29 is 9.18 Å². The van der Waals surface area contributed by atoms with Gasteiger partial charge in [-0.25, -0.2) is 9.18 Å². The molecule has 0 radical (unpaired) electrons. The molecule has 2 N–H and O–H groups in total. The van der Waals surface area contributed by atoms with Crippen molar-refractivity contribution in [3.63, 3.8) is 0 Å². The summed E-state index contributed by atoms with van der Waals surface area (Å²) < 4.78 is 13.8. The molecule has 9 heteroatoms. The van der Waals surface area contributed by atoms with Gasteiger partial charge in [-0.05, 0) is 73.5 Å². The van der Waals surface area contributed by atoms with E-state index in [-0.39, 0.29) is 24.8 Å². The number of primary amides is 1. The van der Waals surface area contributed by atoms with Gasteiger partial charge in [0.2, 0.25) is 0 Å². The number of pyridine rings is 1. The molecular weight excluding hydrogens is 524 g/mol. The van der Waals surface area contributed by atoms with E-state index in [1.807, 2.05) is 25.1 Å². The smallest absolute Gasteiger partial charge is 0.323 e. The number of halogens is 3. The lowest BCUT2D eigenvalue weighted by atomic mass is 10.1. The summed E-state index contributed by atoms with van der Waals surface area (Å²) in [5, 5.41) is 1.20. The van der Waals surface area contributed by atoms with Gasteiger partial charge < -0.3 is 10.6 Å². The molecule has 2 heterocycles. The third kappa shape index (κ3) is 6.54. The van der Waals surface area contributed by atoms with Gasteiger partial charge in [-0.2, -0.15) is 0 Å². The minimum Gasteiger partial charge on any atom is -0.368 e. The summed E-state index contributed by atoms with van der Waals surface area (Å²) in [7, 11) is 0. The number of rotatable bonds is 6. The molecule has 0 aliphatic carbocycles. The number of carbonyl (C=O) groups excluding carboxylic acids is 1. The van der Waals surface area contributed by atoms with Crippen molar-refractivity contribution in [2.24, 2.45) is 5.73 Å². The number of hydrogen-bond donors (Lipinski definition) is 1. The molecule has 1 aliphatic heterocycles. The first-order chi connectivity index (χ1) is 17.5. The van der Waals surface area contributed by atoms with Crippen molar-refractivity contribution in [1.82, 2.24) is 9.88 Å². The highest BCUT2D eigenvalue weighted by molar-refractivity contribution is 5.98. The molecule has 5 rings (SSSR count). The zero-order valence-electron chi connectivity index (χ0n) is 21.2. The lowest BCUT2D eigenvalue weighted by Crippen LogP contribution is -2.47. The molecule has 1 aliphatic rings. The molecule has 4 aromatic rings. The quantitative estimate of drug-likeness (QED) is 0.312. The van der Waals surface area contributed by atoms with E-state index >= 15 is 0 Å². The van der Waals surface area contributed by atoms with E-state index in [0.717, 1.165) is 55.9 Å². The highest BCUT2D eigenvalue weighted by Gasteiger charge is 2.20. The first-order valence-electron chi connectivity index (χ1n) is 12.3. The monoisotopic (exact) mass is 555 g/mol. The van der Waals surface area contributed by atoms with E-state index in [0.29, 0.717) is 11.4 Å². The van der Waals surface area contributed by atoms with Crippen LogP contribution in [0.15, 0.2) is 78.9 Å². The maximum Gasteiger partial charge on any atom is 0.323 e. The highest BCUT2D eigenvalue weighted by Crippen LogP contribution is 2.28. The molecule has 0 unspecified atom stereocenters. The molecule has 6 nitrogen and oxygen atoms in total. The van der Waals surface area contributed by atoms with Crippen LogP contribution in [0, 0.1) is 12.7 Å². The lowest BCUT2D eigenvalue weighted by Gasteiger charge is -2.36. The predicted molar refractivity (Wildman–Crippen MR) is 158 cm³/mol. The second kappa shape index (κ2) is 12.9. The van der Waals surface area contributed by atoms with Gasteiger partial charge in [-0.1, -0.05) is 24.3 Å². The van der Waals surface area contributed by atoms with Crippen molar-refractivity contribution in [3.05, 3.63) is 95.9 Å². The van der Waals surface area contributed by atoms with E-state index in [9.17, 15) is 9.18 Å². The zero-order valence-corrected chi connectivity index (χ0v) is 22.9. The van der Waals surface area contributed by atoms with Crippen LogP contribution in [0.1, 0.15) is 11.3 Å². The first kappa shape index (κ1) is 29.2. The second-order valence-corrected chi connectivity index (χ2v) is 9.20. The van der Waals surface area contributed by atoms with Gasteiger partial charge in [0.1, 0.15) is 5.82 Å². The van der Waals surface area contributed by atoms with Crippen molar-refractivity contribution in [1.29, 1.82) is 0 Å². The molecular formula is C29H32Cl2FN5O. The Morgan fingerprint density at radius 3 is 2.32 bits per heavy atom. The third-order valence-corrected chi connectivity index (χ3v) is 6.73. The number of urea groups is 1. The first-order valence-corrected chi connectivity index (χ1v) is 12.3. The van der Waals surface area contributed by atoms with Gasteiger partial charge >= 0.3 is 6.03 Å². The minimum atomic E-state index is -0.646. The Morgan fingerprint density at radius 2 is 1.61 bits per heavy atom. The van der Waals surface area contributed by atoms with Crippen LogP contribution in [0.4, 0.5) is 26.2 Å². The van der Waals surface area contributed by atoms with Gasteiger partial charge in [0, 0.05) is 49.5 Å². The van der Waals surface area contributed by atoms with Gasteiger partial charge in [-0.15, -0.1) is 24.8 Å². The summed E-state index contributed by atoms with van der Waals surface area (Å²) in [5.74, 6) is -0.413. The SMILES string of the molecule is Cc1ccc2c(N3CCN(CCc4cccc(N(C(N)=O)c5cccc(F)c5)c4)CC3)cccc2n1.Cl.Cl. The van der Waals surface area contributed by atoms with Gasteiger partial charge in [-0.3, -0.25) is 14.8 Å². The predicted octanol–water partition coefficient (Wildman–Crippen LogP) is 6.11. The maximum atomic E-state index is 13.8. The van der Waals surface area contributed by atoms with Crippen LogP contribution in [-0.2, 0) is 6.42 Å². The molecule has 38 heavy (non-hydrogen) atoms. The van der Waals surface area contributed by atoms with Crippen LogP contribution in [0.3, 0.4) is 0 Å². The summed E-state index contributed by atoms with van der Waals surface area (Å²) in [6.45, 7) is 6.82. The average Bonchev–Trinajstić information content (AvgIpc) is 2.87. The van der Waals surface area contributed by atoms with Crippen LogP contribution in [-0.4, -0.2) is 48.6 Å². The molecule has 1 aromatic heterocycles. The third-order valence-electron chi connectivity index (χ3n) is 6.73. The largest absolute Gasteiger partial charge is 0.368 e. The molecule has 0 bridgehead atoms. The molecule has 3 aromatic carbocycles. The Bertz CT molecular complexity index is 1390. The number of aryl methyl sites for hydroxylation is 1. The summed E-state index contributed by atoms with van der Waals surface area (Å²) >= 11 is 0. The number of carbonyl (C=O) groups is 1. The normalized spacial score (nSPS) is 13.5. The number of amides is 2. The number of fused-ring (bicyclic) bond motifs is 1. The Morgan fingerprint density at radius 1 is 0.921 bits per heavy atom. The average molecular weight is 557 g/mol. The fraction of sp³-hybridized carbons (Fsp3) is 0.241. The molecule has 0 saturated carbocycles. The fourth-order valence-corrected chi connectivity index (χ4v) is 4.89. The lowest BCUT2D eigenvalue weighted by molar-refractivity contribution is 0.256. The van der Waals surface area contributed by atoms with Gasteiger partial charge in [0.15, 0.2) is 0 Å². The summed E-state index contributed by atoms with van der Waals surface area (Å²) in [4.78, 5) is 23.1. The van der Waals surface area contributed by atoms with Gasteiger partial charge in [0.25, 0.3) is 0 Å². The van der Waals surface area contributed by atoms with E-state index in [1.54, 1.807) is 12.1 Å². The Kier molecular flexibility index (Phi) is 9.91. The summed E-state index contributed by atoms with van der Waals surface area (Å²) in [5.41, 5.74) is 11.1.